The van der Waals surface area contributed by atoms with E-state index in [2.05, 4.69) is 14.9 Å². The quantitative estimate of drug-likeness (QED) is 0.721. The van der Waals surface area contributed by atoms with Gasteiger partial charge in [-0.1, -0.05) is 23.4 Å². The Bertz CT molecular complexity index is 1050. The van der Waals surface area contributed by atoms with Crippen LogP contribution in [-0.2, 0) is 10.0 Å². The molecule has 1 aromatic carbocycles. The number of sulfonamides is 1. The number of nitrogens with zero attached hydrogens (tertiary/aromatic N) is 3. The van der Waals surface area contributed by atoms with Crippen LogP contribution in [0.25, 0.3) is 11.3 Å². The fourth-order valence-corrected chi connectivity index (χ4v) is 4.12. The smallest absolute Gasteiger partial charge is 0.276 e. The topological polar surface area (TPSA) is 105 Å². The lowest BCUT2D eigenvalue weighted by Gasteiger charge is -2.38. The zero-order valence-corrected chi connectivity index (χ0v) is 15.0. The van der Waals surface area contributed by atoms with E-state index in [4.69, 9.17) is 4.52 Å². The molecule has 1 saturated heterocycles. The molecule has 3 heterocycles. The number of hydrogen-bond donors (Lipinski definition) is 1. The highest BCUT2D eigenvalue weighted by Gasteiger charge is 2.40. The van der Waals surface area contributed by atoms with Crippen LogP contribution < -0.4 is 4.72 Å². The Morgan fingerprint density at radius 1 is 1.15 bits per heavy atom. The summed E-state index contributed by atoms with van der Waals surface area (Å²) in [5.41, 5.74) is 1.35. The summed E-state index contributed by atoms with van der Waals surface area (Å²) < 4.78 is 32.5. The number of anilines is 1. The molecule has 0 bridgehead atoms. The lowest BCUT2D eigenvalue weighted by atomic mass is 10.1. The van der Waals surface area contributed by atoms with Crippen LogP contribution in [0.1, 0.15) is 10.5 Å². The van der Waals surface area contributed by atoms with E-state index in [-0.39, 0.29) is 24.7 Å². The summed E-state index contributed by atoms with van der Waals surface area (Å²) in [6.45, 7) is 0.214. The number of carbonyl (C=O) groups is 1. The molecular formula is C18H16N4O4S. The SMILES string of the molecule is O=C(c1cc(-c2cccnc2)on1)N1CC(S(=O)(=O)Nc2ccccc2)C1. The van der Waals surface area contributed by atoms with Gasteiger partial charge in [0.25, 0.3) is 5.91 Å². The first kappa shape index (κ1) is 17.2. The Balaban J connectivity index is 1.39. The normalized spacial score (nSPS) is 14.6. The van der Waals surface area contributed by atoms with Crippen molar-refractivity contribution in [2.24, 2.45) is 0 Å². The maximum atomic E-state index is 12.5. The van der Waals surface area contributed by atoms with Gasteiger partial charge in [-0.15, -0.1) is 0 Å². The van der Waals surface area contributed by atoms with Gasteiger partial charge in [-0.25, -0.2) is 8.42 Å². The van der Waals surface area contributed by atoms with Crippen molar-refractivity contribution in [3.05, 3.63) is 66.6 Å². The molecule has 27 heavy (non-hydrogen) atoms. The summed E-state index contributed by atoms with van der Waals surface area (Å²) in [5, 5.41) is 3.13. The van der Waals surface area contributed by atoms with Crippen LogP contribution in [0.5, 0.6) is 0 Å². The minimum atomic E-state index is -3.56. The molecule has 0 aliphatic carbocycles. The number of hydrogen-bond acceptors (Lipinski definition) is 6. The number of likely N-dealkylation sites (tertiary alicyclic amines) is 1. The first-order chi connectivity index (χ1) is 13.0. The highest BCUT2D eigenvalue weighted by atomic mass is 32.2. The molecule has 1 aliphatic rings. The lowest BCUT2D eigenvalue weighted by Crippen LogP contribution is -2.58. The highest BCUT2D eigenvalue weighted by Crippen LogP contribution is 2.24. The Kier molecular flexibility index (Phi) is 4.36. The van der Waals surface area contributed by atoms with Crippen molar-refractivity contribution in [3.8, 4) is 11.3 Å². The van der Waals surface area contributed by atoms with Gasteiger partial charge in [0.05, 0.1) is 0 Å². The second kappa shape index (κ2) is 6.84. The van der Waals surface area contributed by atoms with Crippen LogP contribution >= 0.6 is 0 Å². The summed E-state index contributed by atoms with van der Waals surface area (Å²) in [5.74, 6) is 0.0712. The van der Waals surface area contributed by atoms with Crippen LogP contribution in [0, 0.1) is 0 Å². The zero-order valence-electron chi connectivity index (χ0n) is 14.1. The van der Waals surface area contributed by atoms with Crippen LogP contribution in [-0.4, -0.2) is 47.7 Å². The molecule has 4 rings (SSSR count). The van der Waals surface area contributed by atoms with Crippen molar-refractivity contribution < 1.29 is 17.7 Å². The van der Waals surface area contributed by atoms with Crippen molar-refractivity contribution in [1.82, 2.24) is 15.0 Å². The molecule has 0 saturated carbocycles. The molecule has 8 nitrogen and oxygen atoms in total. The van der Waals surface area contributed by atoms with Crippen molar-refractivity contribution in [2.75, 3.05) is 17.8 Å². The molecule has 0 spiro atoms. The number of amides is 1. The summed E-state index contributed by atoms with van der Waals surface area (Å²) >= 11 is 0. The maximum Gasteiger partial charge on any atom is 0.276 e. The highest BCUT2D eigenvalue weighted by molar-refractivity contribution is 7.93. The molecule has 3 aromatic rings. The third kappa shape index (κ3) is 3.54. The van der Waals surface area contributed by atoms with Gasteiger partial charge in [-0.05, 0) is 24.3 Å². The Morgan fingerprint density at radius 3 is 2.63 bits per heavy atom. The van der Waals surface area contributed by atoms with Crippen molar-refractivity contribution in [2.45, 2.75) is 5.25 Å². The van der Waals surface area contributed by atoms with Crippen LogP contribution in [0.2, 0.25) is 0 Å². The molecule has 2 aromatic heterocycles. The number of rotatable bonds is 5. The molecule has 1 fully saturated rings. The monoisotopic (exact) mass is 384 g/mol. The Hall–Kier alpha value is -3.20. The third-order valence-electron chi connectivity index (χ3n) is 4.28. The molecule has 138 valence electrons. The first-order valence-electron chi connectivity index (χ1n) is 8.26. The van der Waals surface area contributed by atoms with Gasteiger partial charge in [0.15, 0.2) is 11.5 Å². The summed E-state index contributed by atoms with van der Waals surface area (Å²) in [4.78, 5) is 17.9. The molecule has 0 radical (unpaired) electrons. The van der Waals surface area contributed by atoms with E-state index in [9.17, 15) is 13.2 Å². The molecule has 1 N–H and O–H groups in total. The van der Waals surface area contributed by atoms with Crippen molar-refractivity contribution >= 4 is 21.6 Å². The third-order valence-corrected chi connectivity index (χ3v) is 5.98. The summed E-state index contributed by atoms with van der Waals surface area (Å²) in [6.07, 6.45) is 3.24. The molecule has 9 heteroatoms. The number of pyridine rings is 1. The van der Waals surface area contributed by atoms with E-state index < -0.39 is 15.3 Å². The lowest BCUT2D eigenvalue weighted by molar-refractivity contribution is 0.0648. The summed E-state index contributed by atoms with van der Waals surface area (Å²) in [6, 6.07) is 13.7. The molecule has 1 aliphatic heterocycles. The van der Waals surface area contributed by atoms with Gasteiger partial charge in [0, 0.05) is 42.8 Å². The minimum Gasteiger partial charge on any atom is -0.355 e. The largest absolute Gasteiger partial charge is 0.355 e. The van der Waals surface area contributed by atoms with Gasteiger partial charge >= 0.3 is 0 Å². The predicted octanol–water partition coefficient (Wildman–Crippen LogP) is 2.00. The number of carbonyl (C=O) groups excluding carboxylic acids is 1. The van der Waals surface area contributed by atoms with Gasteiger partial charge < -0.3 is 9.42 Å². The van der Waals surface area contributed by atoms with Crippen LogP contribution in [0.15, 0.2) is 65.4 Å². The molecular weight excluding hydrogens is 368 g/mol. The average molecular weight is 384 g/mol. The first-order valence-corrected chi connectivity index (χ1v) is 9.80. The second-order valence-electron chi connectivity index (χ2n) is 6.16. The minimum absolute atomic E-state index is 0.107. The van der Waals surface area contributed by atoms with E-state index in [1.807, 2.05) is 0 Å². The summed E-state index contributed by atoms with van der Waals surface area (Å²) in [7, 11) is -3.56. The van der Waals surface area contributed by atoms with E-state index in [1.54, 1.807) is 54.9 Å². The van der Waals surface area contributed by atoms with Crippen LogP contribution in [0.3, 0.4) is 0 Å². The van der Waals surface area contributed by atoms with Gasteiger partial charge in [-0.3, -0.25) is 14.5 Å². The zero-order chi connectivity index (χ0) is 18.9. The predicted molar refractivity (Wildman–Crippen MR) is 98.4 cm³/mol. The number of aromatic nitrogens is 2. The van der Waals surface area contributed by atoms with E-state index in [1.165, 1.54) is 11.0 Å². The van der Waals surface area contributed by atoms with Crippen LogP contribution in [0.4, 0.5) is 5.69 Å². The molecule has 0 atom stereocenters. The number of benzene rings is 1. The van der Waals surface area contributed by atoms with E-state index in [0.29, 0.717) is 17.0 Å². The fraction of sp³-hybridized carbons (Fsp3) is 0.167. The Labute approximate surface area is 155 Å². The second-order valence-corrected chi connectivity index (χ2v) is 8.12. The van der Waals surface area contributed by atoms with Gasteiger partial charge in [0.1, 0.15) is 5.25 Å². The molecule has 0 unspecified atom stereocenters. The number of nitrogens with one attached hydrogen (secondary N) is 1. The Morgan fingerprint density at radius 2 is 1.93 bits per heavy atom. The van der Waals surface area contributed by atoms with Gasteiger partial charge in [-0.2, -0.15) is 0 Å². The van der Waals surface area contributed by atoms with E-state index in [0.717, 1.165) is 0 Å². The molecule has 1 amide bonds. The maximum absolute atomic E-state index is 12.5. The van der Waals surface area contributed by atoms with Crippen molar-refractivity contribution in [1.29, 1.82) is 0 Å². The average Bonchev–Trinajstić information content (AvgIpc) is 3.11. The fourth-order valence-electron chi connectivity index (χ4n) is 2.74. The van der Waals surface area contributed by atoms with E-state index >= 15 is 0 Å². The van der Waals surface area contributed by atoms with Crippen molar-refractivity contribution in [3.63, 3.8) is 0 Å². The number of para-hydroxylation sites is 1. The van der Waals surface area contributed by atoms with Gasteiger partial charge in [0.2, 0.25) is 10.0 Å². The standard InChI is InChI=1S/C18H16N4O4S/c23-18(16-9-17(26-20-16)13-5-4-8-19-10-13)22-11-15(12-22)27(24,25)21-14-6-2-1-3-7-14/h1-10,15,21H,11-12H2.